The Hall–Kier alpha value is -2.40. The van der Waals surface area contributed by atoms with E-state index in [0.29, 0.717) is 30.2 Å². The fourth-order valence-corrected chi connectivity index (χ4v) is 1.68. The van der Waals surface area contributed by atoms with Gasteiger partial charge in [0.05, 0.1) is 11.7 Å². The Balaban J connectivity index is 1.91. The summed E-state index contributed by atoms with van der Waals surface area (Å²) in [5, 5.41) is 11.9. The van der Waals surface area contributed by atoms with E-state index < -0.39 is 6.10 Å². The minimum Gasteiger partial charge on any atom is -0.439 e. The van der Waals surface area contributed by atoms with Crippen LogP contribution in [0.15, 0.2) is 48.7 Å². The SMILES string of the molecule is CC(O)CCNC(=O)c1ccc(Oc2ccccc2)nc1. The molecule has 2 rings (SSSR count). The molecule has 1 aromatic carbocycles. The lowest BCUT2D eigenvalue weighted by molar-refractivity contribution is 0.0945. The Kier molecular flexibility index (Phi) is 5.29. The normalized spacial score (nSPS) is 11.7. The first-order chi connectivity index (χ1) is 10.1. The van der Waals surface area contributed by atoms with Crippen molar-refractivity contribution in [1.29, 1.82) is 0 Å². The molecule has 110 valence electrons. The average molecular weight is 286 g/mol. The summed E-state index contributed by atoms with van der Waals surface area (Å²) in [5.74, 6) is 0.912. The van der Waals surface area contributed by atoms with Crippen LogP contribution in [-0.4, -0.2) is 28.6 Å². The third-order valence-electron chi connectivity index (χ3n) is 2.81. The van der Waals surface area contributed by atoms with Crippen LogP contribution < -0.4 is 10.1 Å². The van der Waals surface area contributed by atoms with E-state index >= 15 is 0 Å². The van der Waals surface area contributed by atoms with E-state index in [9.17, 15) is 4.79 Å². The summed E-state index contributed by atoms with van der Waals surface area (Å²) in [6.07, 6.45) is 1.56. The van der Waals surface area contributed by atoms with Gasteiger partial charge >= 0.3 is 0 Å². The van der Waals surface area contributed by atoms with E-state index in [0.717, 1.165) is 0 Å². The number of benzene rings is 1. The zero-order valence-electron chi connectivity index (χ0n) is 11.8. The molecule has 5 nitrogen and oxygen atoms in total. The van der Waals surface area contributed by atoms with Crippen molar-refractivity contribution in [1.82, 2.24) is 10.3 Å². The van der Waals surface area contributed by atoms with Crippen molar-refractivity contribution >= 4 is 5.91 Å². The zero-order chi connectivity index (χ0) is 15.1. The predicted molar refractivity (Wildman–Crippen MR) is 79.4 cm³/mol. The second-order valence-corrected chi connectivity index (χ2v) is 4.69. The molecule has 2 aromatic rings. The molecule has 1 heterocycles. The number of nitrogens with one attached hydrogen (secondary N) is 1. The van der Waals surface area contributed by atoms with Gasteiger partial charge in [0.15, 0.2) is 0 Å². The van der Waals surface area contributed by atoms with Crippen LogP contribution >= 0.6 is 0 Å². The molecule has 0 aliphatic rings. The Morgan fingerprint density at radius 3 is 2.67 bits per heavy atom. The number of rotatable bonds is 6. The number of carbonyl (C=O) groups is 1. The summed E-state index contributed by atoms with van der Waals surface area (Å²) < 4.78 is 5.55. The van der Waals surface area contributed by atoms with Crippen LogP contribution in [0.25, 0.3) is 0 Å². The molecule has 0 aliphatic heterocycles. The van der Waals surface area contributed by atoms with Crippen molar-refractivity contribution in [3.05, 3.63) is 54.2 Å². The van der Waals surface area contributed by atoms with Crippen molar-refractivity contribution in [2.45, 2.75) is 19.4 Å². The molecule has 1 atom stereocenters. The number of ether oxygens (including phenoxy) is 1. The molecule has 0 radical (unpaired) electrons. The number of aliphatic hydroxyl groups is 1. The number of hydrogen-bond donors (Lipinski definition) is 2. The number of pyridine rings is 1. The Morgan fingerprint density at radius 1 is 1.29 bits per heavy atom. The molecule has 5 heteroatoms. The van der Waals surface area contributed by atoms with Gasteiger partial charge < -0.3 is 15.2 Å². The molecule has 0 fully saturated rings. The van der Waals surface area contributed by atoms with Crippen LogP contribution in [0.5, 0.6) is 11.6 Å². The van der Waals surface area contributed by atoms with Gasteiger partial charge in [0, 0.05) is 18.8 Å². The minimum absolute atomic E-state index is 0.214. The summed E-state index contributed by atoms with van der Waals surface area (Å²) in [6, 6.07) is 12.6. The minimum atomic E-state index is -0.426. The lowest BCUT2D eigenvalue weighted by atomic mass is 10.2. The largest absolute Gasteiger partial charge is 0.439 e. The van der Waals surface area contributed by atoms with Gasteiger partial charge in [-0.3, -0.25) is 4.79 Å². The van der Waals surface area contributed by atoms with Gasteiger partial charge in [-0.25, -0.2) is 4.98 Å². The fraction of sp³-hybridized carbons (Fsp3) is 0.250. The third kappa shape index (κ3) is 4.89. The van der Waals surface area contributed by atoms with Gasteiger partial charge in [-0.2, -0.15) is 0 Å². The molecule has 1 aromatic heterocycles. The highest BCUT2D eigenvalue weighted by Crippen LogP contribution is 2.18. The van der Waals surface area contributed by atoms with Gasteiger partial charge in [0.2, 0.25) is 5.88 Å². The van der Waals surface area contributed by atoms with Crippen molar-refractivity contribution < 1.29 is 14.6 Å². The quantitative estimate of drug-likeness (QED) is 0.855. The standard InChI is InChI=1S/C16H18N2O3/c1-12(19)9-10-17-16(20)13-7-8-15(18-11-13)21-14-5-3-2-4-6-14/h2-8,11-12,19H,9-10H2,1H3,(H,17,20). The number of carbonyl (C=O) groups excluding carboxylic acids is 1. The molecule has 0 saturated carbocycles. The van der Waals surface area contributed by atoms with E-state index in [1.165, 1.54) is 6.20 Å². The highest BCUT2D eigenvalue weighted by molar-refractivity contribution is 5.93. The Labute approximate surface area is 123 Å². The number of nitrogens with zero attached hydrogens (tertiary/aromatic N) is 1. The highest BCUT2D eigenvalue weighted by atomic mass is 16.5. The molecule has 0 saturated heterocycles. The molecule has 1 unspecified atom stereocenters. The Bertz CT molecular complexity index is 568. The monoisotopic (exact) mass is 286 g/mol. The summed E-state index contributed by atoms with van der Waals surface area (Å²) in [6.45, 7) is 2.11. The molecular weight excluding hydrogens is 268 g/mol. The number of aliphatic hydroxyl groups excluding tert-OH is 1. The number of aromatic nitrogens is 1. The van der Waals surface area contributed by atoms with E-state index in [1.54, 1.807) is 19.1 Å². The second-order valence-electron chi connectivity index (χ2n) is 4.69. The van der Waals surface area contributed by atoms with Crippen LogP contribution in [0, 0.1) is 0 Å². The highest BCUT2D eigenvalue weighted by Gasteiger charge is 2.07. The topological polar surface area (TPSA) is 71.5 Å². The molecule has 2 N–H and O–H groups in total. The smallest absolute Gasteiger partial charge is 0.252 e. The maximum Gasteiger partial charge on any atom is 0.252 e. The molecular formula is C16H18N2O3. The van der Waals surface area contributed by atoms with Gasteiger partial charge in [-0.05, 0) is 31.5 Å². The van der Waals surface area contributed by atoms with E-state index in [2.05, 4.69) is 10.3 Å². The number of hydrogen-bond acceptors (Lipinski definition) is 4. The summed E-state index contributed by atoms with van der Waals surface area (Å²) in [7, 11) is 0. The second kappa shape index (κ2) is 7.40. The van der Waals surface area contributed by atoms with Crippen molar-refractivity contribution in [3.63, 3.8) is 0 Å². The first-order valence-electron chi connectivity index (χ1n) is 6.80. The van der Waals surface area contributed by atoms with Crippen LogP contribution in [0.2, 0.25) is 0 Å². The van der Waals surface area contributed by atoms with Gasteiger partial charge in [0.25, 0.3) is 5.91 Å². The van der Waals surface area contributed by atoms with Gasteiger partial charge in [0.1, 0.15) is 5.75 Å². The fourth-order valence-electron chi connectivity index (χ4n) is 1.68. The number of amides is 1. The van der Waals surface area contributed by atoms with Crippen molar-refractivity contribution in [2.24, 2.45) is 0 Å². The lowest BCUT2D eigenvalue weighted by Crippen LogP contribution is -2.26. The van der Waals surface area contributed by atoms with Crippen molar-refractivity contribution in [3.8, 4) is 11.6 Å². The first-order valence-corrected chi connectivity index (χ1v) is 6.80. The molecule has 0 spiro atoms. The first kappa shape index (κ1) is 15.0. The summed E-state index contributed by atoms with van der Waals surface area (Å²) >= 11 is 0. The van der Waals surface area contributed by atoms with E-state index in [1.807, 2.05) is 30.3 Å². The predicted octanol–water partition coefficient (Wildman–Crippen LogP) is 2.37. The number of para-hydroxylation sites is 1. The van der Waals surface area contributed by atoms with Crippen LogP contribution in [-0.2, 0) is 0 Å². The van der Waals surface area contributed by atoms with E-state index in [4.69, 9.17) is 9.84 Å². The average Bonchev–Trinajstić information content (AvgIpc) is 2.48. The van der Waals surface area contributed by atoms with E-state index in [-0.39, 0.29) is 5.91 Å². The maximum atomic E-state index is 11.8. The third-order valence-corrected chi connectivity index (χ3v) is 2.81. The molecule has 0 bridgehead atoms. The van der Waals surface area contributed by atoms with Crippen molar-refractivity contribution in [2.75, 3.05) is 6.54 Å². The summed E-state index contributed by atoms with van der Waals surface area (Å²) in [4.78, 5) is 15.9. The molecule has 1 amide bonds. The molecule has 21 heavy (non-hydrogen) atoms. The van der Waals surface area contributed by atoms with Crippen LogP contribution in [0.3, 0.4) is 0 Å². The van der Waals surface area contributed by atoms with Crippen LogP contribution in [0.1, 0.15) is 23.7 Å². The van der Waals surface area contributed by atoms with Crippen LogP contribution in [0.4, 0.5) is 0 Å². The zero-order valence-corrected chi connectivity index (χ0v) is 11.8. The van der Waals surface area contributed by atoms with Gasteiger partial charge in [-0.15, -0.1) is 0 Å². The molecule has 0 aliphatic carbocycles. The summed E-state index contributed by atoms with van der Waals surface area (Å²) in [5.41, 5.74) is 0.459. The Morgan fingerprint density at radius 2 is 2.05 bits per heavy atom. The maximum absolute atomic E-state index is 11.8. The lowest BCUT2D eigenvalue weighted by Gasteiger charge is -2.07. The van der Waals surface area contributed by atoms with Gasteiger partial charge in [-0.1, -0.05) is 18.2 Å².